The van der Waals surface area contributed by atoms with Crippen molar-refractivity contribution in [2.75, 3.05) is 20.1 Å². The summed E-state index contributed by atoms with van der Waals surface area (Å²) < 4.78 is 2.16. The van der Waals surface area contributed by atoms with Crippen LogP contribution in [0.3, 0.4) is 0 Å². The van der Waals surface area contributed by atoms with Gasteiger partial charge in [-0.25, -0.2) is 0 Å². The molecule has 6 nitrogen and oxygen atoms in total. The van der Waals surface area contributed by atoms with E-state index < -0.39 is 0 Å². The first-order valence-electron chi connectivity index (χ1n) is 7.59. The second kappa shape index (κ2) is 5.91. The predicted octanol–water partition coefficient (Wildman–Crippen LogP) is 0.572. The maximum absolute atomic E-state index is 12.3. The highest BCUT2D eigenvalue weighted by molar-refractivity contribution is 5.76. The number of amides is 1. The number of nitrogens with zero attached hydrogens (tertiary/aromatic N) is 4. The number of hydrogen-bond donors (Lipinski definition) is 1. The summed E-state index contributed by atoms with van der Waals surface area (Å²) >= 11 is 0. The van der Waals surface area contributed by atoms with Crippen molar-refractivity contribution in [2.24, 2.45) is 5.92 Å². The second-order valence-corrected chi connectivity index (χ2v) is 5.93. The highest BCUT2D eigenvalue weighted by Crippen LogP contribution is 2.18. The lowest BCUT2D eigenvalue weighted by Crippen LogP contribution is -2.33. The van der Waals surface area contributed by atoms with E-state index in [9.17, 15) is 4.79 Å². The summed E-state index contributed by atoms with van der Waals surface area (Å²) in [6.07, 6.45) is 5.04. The van der Waals surface area contributed by atoms with Crippen LogP contribution in [0.5, 0.6) is 0 Å². The molecular formula is C14H23N5O. The molecule has 1 saturated heterocycles. The quantitative estimate of drug-likeness (QED) is 0.874. The Balaban J connectivity index is 1.55. The van der Waals surface area contributed by atoms with E-state index in [1.165, 1.54) is 0 Å². The number of hydrogen-bond acceptors (Lipinski definition) is 4. The third kappa shape index (κ3) is 2.85. The first kappa shape index (κ1) is 13.5. The fourth-order valence-corrected chi connectivity index (χ4v) is 3.12. The standard InChI is InChI=1S/C14H23N5O/c1-18(14(20)9-11-4-6-15-7-5-11)10-13-17-16-12-3-2-8-19(12)13/h11,15H,2-10H2,1H3. The molecule has 0 radical (unpaired) electrons. The molecule has 0 spiro atoms. The van der Waals surface area contributed by atoms with Crippen LogP contribution in [0.4, 0.5) is 0 Å². The summed E-state index contributed by atoms with van der Waals surface area (Å²) in [5.74, 6) is 2.76. The highest BCUT2D eigenvalue weighted by Gasteiger charge is 2.22. The number of carbonyl (C=O) groups is 1. The van der Waals surface area contributed by atoms with Crippen molar-refractivity contribution in [1.29, 1.82) is 0 Å². The van der Waals surface area contributed by atoms with E-state index >= 15 is 0 Å². The Hall–Kier alpha value is -1.43. The van der Waals surface area contributed by atoms with Crippen LogP contribution in [-0.2, 0) is 24.3 Å². The van der Waals surface area contributed by atoms with Crippen molar-refractivity contribution >= 4 is 5.91 Å². The van der Waals surface area contributed by atoms with E-state index in [-0.39, 0.29) is 5.91 Å². The van der Waals surface area contributed by atoms with Crippen LogP contribution in [-0.4, -0.2) is 45.7 Å². The summed E-state index contributed by atoms with van der Waals surface area (Å²) in [5, 5.41) is 11.7. The van der Waals surface area contributed by atoms with Crippen LogP contribution < -0.4 is 5.32 Å². The van der Waals surface area contributed by atoms with Crippen LogP contribution in [0, 0.1) is 5.92 Å². The molecule has 1 fully saturated rings. The van der Waals surface area contributed by atoms with Crippen molar-refractivity contribution in [2.45, 2.75) is 45.2 Å². The van der Waals surface area contributed by atoms with E-state index in [1.807, 2.05) is 7.05 Å². The topological polar surface area (TPSA) is 63.1 Å². The summed E-state index contributed by atoms with van der Waals surface area (Å²) in [6.45, 7) is 3.66. The maximum Gasteiger partial charge on any atom is 0.222 e. The van der Waals surface area contributed by atoms with Gasteiger partial charge in [-0.05, 0) is 38.3 Å². The number of piperidine rings is 1. The van der Waals surface area contributed by atoms with E-state index in [0.717, 1.165) is 57.0 Å². The molecule has 3 rings (SSSR count). The third-order valence-electron chi connectivity index (χ3n) is 4.41. The van der Waals surface area contributed by atoms with Gasteiger partial charge in [-0.2, -0.15) is 0 Å². The lowest BCUT2D eigenvalue weighted by molar-refractivity contribution is -0.131. The molecule has 20 heavy (non-hydrogen) atoms. The van der Waals surface area contributed by atoms with E-state index in [1.54, 1.807) is 4.90 Å². The molecule has 0 unspecified atom stereocenters. The van der Waals surface area contributed by atoms with Gasteiger partial charge in [-0.3, -0.25) is 4.79 Å². The first-order chi connectivity index (χ1) is 9.74. The van der Waals surface area contributed by atoms with Gasteiger partial charge in [0.15, 0.2) is 5.82 Å². The number of carbonyl (C=O) groups excluding carboxylic acids is 1. The molecule has 0 aliphatic carbocycles. The molecule has 0 aromatic carbocycles. The second-order valence-electron chi connectivity index (χ2n) is 5.93. The molecule has 3 heterocycles. The molecule has 1 aromatic heterocycles. The Morgan fingerprint density at radius 1 is 1.40 bits per heavy atom. The molecule has 0 atom stereocenters. The minimum Gasteiger partial charge on any atom is -0.338 e. The van der Waals surface area contributed by atoms with Crippen molar-refractivity contribution in [1.82, 2.24) is 25.0 Å². The molecular weight excluding hydrogens is 254 g/mol. The summed E-state index contributed by atoms with van der Waals surface area (Å²) in [5.41, 5.74) is 0. The SMILES string of the molecule is CN(Cc1nnc2n1CCC2)C(=O)CC1CCNCC1. The van der Waals surface area contributed by atoms with Gasteiger partial charge in [-0.15, -0.1) is 10.2 Å². The van der Waals surface area contributed by atoms with Gasteiger partial charge in [0.25, 0.3) is 0 Å². The predicted molar refractivity (Wildman–Crippen MR) is 75.0 cm³/mol. The minimum atomic E-state index is 0.229. The summed E-state index contributed by atoms with van der Waals surface area (Å²) in [7, 11) is 1.87. The number of aryl methyl sites for hydroxylation is 1. The Kier molecular flexibility index (Phi) is 4.00. The molecule has 2 aliphatic heterocycles. The molecule has 0 saturated carbocycles. The Labute approximate surface area is 119 Å². The zero-order valence-corrected chi connectivity index (χ0v) is 12.1. The molecule has 1 amide bonds. The maximum atomic E-state index is 12.3. The zero-order chi connectivity index (χ0) is 13.9. The van der Waals surface area contributed by atoms with Gasteiger partial charge in [0.1, 0.15) is 5.82 Å². The zero-order valence-electron chi connectivity index (χ0n) is 12.1. The van der Waals surface area contributed by atoms with Crippen molar-refractivity contribution in [3.63, 3.8) is 0 Å². The fourth-order valence-electron chi connectivity index (χ4n) is 3.12. The van der Waals surface area contributed by atoms with Gasteiger partial charge in [0.05, 0.1) is 6.54 Å². The molecule has 1 N–H and O–H groups in total. The van der Waals surface area contributed by atoms with Gasteiger partial charge in [0.2, 0.25) is 5.91 Å². The average Bonchev–Trinajstić information content (AvgIpc) is 3.05. The van der Waals surface area contributed by atoms with E-state index in [0.29, 0.717) is 18.9 Å². The van der Waals surface area contributed by atoms with Crippen LogP contribution in [0.1, 0.15) is 37.3 Å². The summed E-state index contributed by atoms with van der Waals surface area (Å²) in [4.78, 5) is 14.1. The normalized spacial score (nSPS) is 19.1. The van der Waals surface area contributed by atoms with Crippen molar-refractivity contribution in [3.8, 4) is 0 Å². The molecule has 1 aromatic rings. The van der Waals surface area contributed by atoms with Crippen LogP contribution in [0.25, 0.3) is 0 Å². The van der Waals surface area contributed by atoms with Gasteiger partial charge in [0, 0.05) is 26.4 Å². The largest absolute Gasteiger partial charge is 0.338 e. The molecule has 6 heteroatoms. The Bertz CT molecular complexity index is 478. The molecule has 0 bridgehead atoms. The number of fused-ring (bicyclic) bond motifs is 1. The highest BCUT2D eigenvalue weighted by atomic mass is 16.2. The van der Waals surface area contributed by atoms with E-state index in [2.05, 4.69) is 20.1 Å². The Morgan fingerprint density at radius 2 is 2.20 bits per heavy atom. The lowest BCUT2D eigenvalue weighted by atomic mass is 9.94. The van der Waals surface area contributed by atoms with Gasteiger partial charge >= 0.3 is 0 Å². The van der Waals surface area contributed by atoms with E-state index in [4.69, 9.17) is 0 Å². The fraction of sp³-hybridized carbons (Fsp3) is 0.786. The van der Waals surface area contributed by atoms with Crippen LogP contribution in [0.2, 0.25) is 0 Å². The minimum absolute atomic E-state index is 0.229. The monoisotopic (exact) mass is 277 g/mol. The lowest BCUT2D eigenvalue weighted by Gasteiger charge is -2.24. The summed E-state index contributed by atoms with van der Waals surface area (Å²) in [6, 6.07) is 0. The Morgan fingerprint density at radius 3 is 3.00 bits per heavy atom. The number of rotatable bonds is 4. The van der Waals surface area contributed by atoms with Crippen molar-refractivity contribution in [3.05, 3.63) is 11.6 Å². The van der Waals surface area contributed by atoms with Gasteiger partial charge in [-0.1, -0.05) is 0 Å². The molecule has 2 aliphatic rings. The number of aromatic nitrogens is 3. The molecule has 110 valence electrons. The average molecular weight is 277 g/mol. The number of nitrogens with one attached hydrogen (secondary N) is 1. The van der Waals surface area contributed by atoms with Crippen molar-refractivity contribution < 1.29 is 4.79 Å². The van der Waals surface area contributed by atoms with Crippen LogP contribution in [0.15, 0.2) is 0 Å². The first-order valence-corrected chi connectivity index (χ1v) is 7.59. The third-order valence-corrected chi connectivity index (χ3v) is 4.41. The van der Waals surface area contributed by atoms with Gasteiger partial charge < -0.3 is 14.8 Å². The smallest absolute Gasteiger partial charge is 0.222 e. The van der Waals surface area contributed by atoms with Crippen LogP contribution >= 0.6 is 0 Å².